The number of aromatic nitrogens is 1. The predicted octanol–water partition coefficient (Wildman–Crippen LogP) is 3.34. The van der Waals surface area contributed by atoms with E-state index in [0.717, 1.165) is 24.2 Å². The van der Waals surface area contributed by atoms with Crippen LogP contribution in [0.25, 0.3) is 10.9 Å². The second-order valence-electron chi connectivity index (χ2n) is 8.31. The van der Waals surface area contributed by atoms with Crippen molar-refractivity contribution in [1.82, 2.24) is 10.3 Å². The van der Waals surface area contributed by atoms with Gasteiger partial charge in [-0.3, -0.25) is 4.79 Å². The molecule has 186 valence electrons. The van der Waals surface area contributed by atoms with Gasteiger partial charge in [0, 0.05) is 49.8 Å². The second-order valence-corrected chi connectivity index (χ2v) is 8.31. The van der Waals surface area contributed by atoms with Gasteiger partial charge in [-0.2, -0.15) is 0 Å². The van der Waals surface area contributed by atoms with Crippen LogP contribution in [0.3, 0.4) is 0 Å². The van der Waals surface area contributed by atoms with Gasteiger partial charge in [-0.25, -0.2) is 0 Å². The van der Waals surface area contributed by atoms with E-state index < -0.39 is 6.10 Å². The number of H-pyrrole nitrogens is 1. The van der Waals surface area contributed by atoms with Crippen molar-refractivity contribution in [2.75, 3.05) is 25.0 Å². The van der Waals surface area contributed by atoms with Crippen LogP contribution in [0.5, 0.6) is 5.75 Å². The van der Waals surface area contributed by atoms with Gasteiger partial charge in [0.25, 0.3) is 0 Å². The van der Waals surface area contributed by atoms with Gasteiger partial charge in [0.15, 0.2) is 0 Å². The summed E-state index contributed by atoms with van der Waals surface area (Å²) < 4.78 is 0. The molecule has 0 saturated heterocycles. The standard InChI is InChI=1S/C27H30N4O3.Pd/c28-15-13-18-1-5-20(6-2-18)30-21-7-3-19(4-8-21)14-16-29-17-25(33)22-9-11-24(32)27-23(22)10-12-26(34)31-27;/h1-12,25,29-30,32-33H,13-17,28H2,(H,31,34);/t25-;/m0./s1. The molecule has 0 aliphatic carbocycles. The first-order chi connectivity index (χ1) is 16.5. The van der Waals surface area contributed by atoms with Gasteiger partial charge in [0.05, 0.1) is 11.6 Å². The summed E-state index contributed by atoms with van der Waals surface area (Å²) in [7, 11) is 0. The number of phenolic OH excluding ortho intramolecular Hbond substituents is 1. The van der Waals surface area contributed by atoms with Crippen molar-refractivity contribution in [2.24, 2.45) is 5.73 Å². The Hall–Kier alpha value is -2.99. The number of hydrogen-bond acceptors (Lipinski definition) is 6. The van der Waals surface area contributed by atoms with Crippen molar-refractivity contribution >= 4 is 22.3 Å². The molecule has 0 aliphatic rings. The first kappa shape index (κ1) is 26.6. The molecule has 4 aromatic rings. The van der Waals surface area contributed by atoms with E-state index in [4.69, 9.17) is 5.73 Å². The minimum atomic E-state index is -0.767. The molecule has 0 bridgehead atoms. The number of aromatic amines is 1. The van der Waals surface area contributed by atoms with E-state index in [0.29, 0.717) is 36.1 Å². The van der Waals surface area contributed by atoms with Crippen LogP contribution in [0, 0.1) is 0 Å². The number of nitrogens with one attached hydrogen (secondary N) is 3. The number of aliphatic hydroxyl groups is 1. The topological polar surface area (TPSA) is 123 Å². The summed E-state index contributed by atoms with van der Waals surface area (Å²) in [5.41, 5.74) is 10.8. The summed E-state index contributed by atoms with van der Waals surface area (Å²) in [6, 6.07) is 22.8. The van der Waals surface area contributed by atoms with Crippen LogP contribution in [0.1, 0.15) is 22.8 Å². The van der Waals surface area contributed by atoms with E-state index in [1.54, 1.807) is 12.1 Å². The van der Waals surface area contributed by atoms with Gasteiger partial charge in [0.1, 0.15) is 5.75 Å². The van der Waals surface area contributed by atoms with Crippen LogP contribution in [-0.4, -0.2) is 34.8 Å². The minimum absolute atomic E-state index is 0. The fourth-order valence-corrected chi connectivity index (χ4v) is 3.97. The zero-order chi connectivity index (χ0) is 23.9. The Balaban J connectivity index is 0.00000342. The van der Waals surface area contributed by atoms with Crippen LogP contribution < -0.4 is 21.9 Å². The number of pyridine rings is 1. The van der Waals surface area contributed by atoms with E-state index in [1.807, 2.05) is 0 Å². The number of fused-ring (bicyclic) bond motifs is 1. The minimum Gasteiger partial charge on any atom is -0.506 e. The Labute approximate surface area is 218 Å². The summed E-state index contributed by atoms with van der Waals surface area (Å²) >= 11 is 0. The molecule has 7 N–H and O–H groups in total. The van der Waals surface area contributed by atoms with Crippen molar-refractivity contribution in [1.29, 1.82) is 0 Å². The van der Waals surface area contributed by atoms with Gasteiger partial charge in [0.2, 0.25) is 5.56 Å². The maximum absolute atomic E-state index is 11.6. The molecule has 0 spiro atoms. The summed E-state index contributed by atoms with van der Waals surface area (Å²) in [5, 5.41) is 28.0. The van der Waals surface area contributed by atoms with E-state index in [1.165, 1.54) is 23.3 Å². The molecule has 0 radical (unpaired) electrons. The molecule has 1 atom stereocenters. The Bertz CT molecular complexity index is 1290. The summed E-state index contributed by atoms with van der Waals surface area (Å²) in [6.45, 7) is 1.72. The number of aliphatic hydroxyl groups excluding tert-OH is 1. The smallest absolute Gasteiger partial charge is 0.248 e. The first-order valence-electron chi connectivity index (χ1n) is 11.4. The number of rotatable bonds is 10. The Kier molecular flexibility index (Phi) is 9.61. The van der Waals surface area contributed by atoms with Crippen LogP contribution in [0.4, 0.5) is 11.4 Å². The Morgan fingerprint density at radius 2 is 1.49 bits per heavy atom. The molecule has 0 aliphatic heterocycles. The van der Waals surface area contributed by atoms with Crippen molar-refractivity contribution in [3.8, 4) is 5.75 Å². The molecule has 0 unspecified atom stereocenters. The van der Waals surface area contributed by atoms with E-state index in [9.17, 15) is 15.0 Å². The maximum atomic E-state index is 11.6. The quantitative estimate of drug-likeness (QED) is 0.130. The van der Waals surface area contributed by atoms with Gasteiger partial charge in [-0.15, -0.1) is 0 Å². The molecule has 7 nitrogen and oxygen atoms in total. The summed E-state index contributed by atoms with van der Waals surface area (Å²) in [4.78, 5) is 14.2. The predicted molar refractivity (Wildman–Crippen MR) is 137 cm³/mol. The summed E-state index contributed by atoms with van der Waals surface area (Å²) in [5.74, 6) is -0.0156. The molecule has 8 heteroatoms. The molecule has 1 heterocycles. The van der Waals surface area contributed by atoms with Crippen LogP contribution in [0.2, 0.25) is 0 Å². The zero-order valence-electron chi connectivity index (χ0n) is 19.2. The Morgan fingerprint density at radius 3 is 2.11 bits per heavy atom. The molecular weight excluding hydrogens is 535 g/mol. The number of nitrogens with two attached hydrogens (primary N) is 1. The van der Waals surface area contributed by atoms with E-state index in [2.05, 4.69) is 64.1 Å². The normalized spacial score (nSPS) is 11.7. The molecule has 0 amide bonds. The molecule has 35 heavy (non-hydrogen) atoms. The van der Waals surface area contributed by atoms with E-state index in [-0.39, 0.29) is 31.7 Å². The third kappa shape index (κ3) is 7.01. The average molecular weight is 565 g/mol. The number of benzene rings is 3. The second kappa shape index (κ2) is 12.6. The molecule has 3 aromatic carbocycles. The molecule has 4 rings (SSSR count). The molecule has 0 fully saturated rings. The average Bonchev–Trinajstić information content (AvgIpc) is 2.84. The number of aromatic hydroxyl groups is 1. The third-order valence-electron chi connectivity index (χ3n) is 5.82. The maximum Gasteiger partial charge on any atom is 0.248 e. The number of hydrogen-bond donors (Lipinski definition) is 6. The van der Waals surface area contributed by atoms with Gasteiger partial charge in [-0.1, -0.05) is 30.3 Å². The van der Waals surface area contributed by atoms with Crippen LogP contribution in [0.15, 0.2) is 77.6 Å². The fourth-order valence-electron chi connectivity index (χ4n) is 3.97. The van der Waals surface area contributed by atoms with Crippen LogP contribution in [-0.2, 0) is 33.3 Å². The van der Waals surface area contributed by atoms with Gasteiger partial charge >= 0.3 is 0 Å². The van der Waals surface area contributed by atoms with Crippen molar-refractivity contribution in [3.05, 3.63) is 99.8 Å². The van der Waals surface area contributed by atoms with Gasteiger partial charge in [-0.05, 0) is 79.0 Å². The van der Waals surface area contributed by atoms with Crippen molar-refractivity contribution in [3.63, 3.8) is 0 Å². The van der Waals surface area contributed by atoms with Crippen molar-refractivity contribution in [2.45, 2.75) is 18.9 Å². The zero-order valence-corrected chi connectivity index (χ0v) is 20.8. The summed E-state index contributed by atoms with van der Waals surface area (Å²) in [6.07, 6.45) is 0.938. The van der Waals surface area contributed by atoms with Crippen molar-refractivity contribution < 1.29 is 30.6 Å². The first-order valence-corrected chi connectivity index (χ1v) is 11.4. The fraction of sp³-hybridized carbons (Fsp3) is 0.222. The molecule has 1 aromatic heterocycles. The number of anilines is 2. The molecular formula is C27H30N4O3Pd. The molecule has 0 saturated carbocycles. The third-order valence-corrected chi connectivity index (χ3v) is 5.82. The number of phenols is 1. The monoisotopic (exact) mass is 564 g/mol. The largest absolute Gasteiger partial charge is 0.506 e. The van der Waals surface area contributed by atoms with Gasteiger partial charge < -0.3 is 31.6 Å². The van der Waals surface area contributed by atoms with E-state index >= 15 is 0 Å². The Morgan fingerprint density at radius 1 is 0.857 bits per heavy atom. The SMILES string of the molecule is NCCc1ccc(Nc2ccc(CCNC[C@H](O)c3ccc(O)c4[nH]c(=O)ccc34)cc2)cc1.[Pd]. The van der Waals surface area contributed by atoms with Crippen LogP contribution >= 0.6 is 0 Å².